The number of hydrogen-bond acceptors (Lipinski definition) is 6. The van der Waals surface area contributed by atoms with E-state index in [0.717, 1.165) is 16.8 Å². The number of ether oxygens (including phenoxy) is 2. The van der Waals surface area contributed by atoms with Gasteiger partial charge in [-0.1, -0.05) is 5.16 Å². The molecule has 7 heteroatoms. The van der Waals surface area contributed by atoms with Gasteiger partial charge in [0, 0.05) is 12.6 Å². The third-order valence-corrected chi connectivity index (χ3v) is 4.78. The van der Waals surface area contributed by atoms with Crippen molar-refractivity contribution >= 4 is 5.91 Å². The molecule has 0 aliphatic carbocycles. The van der Waals surface area contributed by atoms with Crippen LogP contribution in [0.15, 0.2) is 45.5 Å². The number of furan rings is 1. The van der Waals surface area contributed by atoms with Crippen LogP contribution in [0.3, 0.4) is 0 Å². The largest absolute Gasteiger partial charge is 0.493 e. The van der Waals surface area contributed by atoms with Gasteiger partial charge in [-0.3, -0.25) is 4.79 Å². The van der Waals surface area contributed by atoms with Gasteiger partial charge in [-0.2, -0.15) is 0 Å². The van der Waals surface area contributed by atoms with Crippen molar-refractivity contribution in [2.24, 2.45) is 0 Å². The van der Waals surface area contributed by atoms with Gasteiger partial charge in [0.05, 0.1) is 26.2 Å². The standard InChI is InChI=1S/C20H20N2O5/c1-12-9-18(27-21-12)19-14-11-17(25-3)16(24-2)10-13(14)6-7-22(19)20(23)15-5-4-8-26-15/h4-5,8-11,19H,6-7H2,1-3H3/t19-/m0/s1. The fraction of sp³-hybridized carbons (Fsp3) is 0.300. The van der Waals surface area contributed by atoms with E-state index in [1.54, 1.807) is 31.3 Å². The molecule has 0 spiro atoms. The lowest BCUT2D eigenvalue weighted by Crippen LogP contribution is -2.40. The lowest BCUT2D eigenvalue weighted by atomic mass is 9.90. The number of carbonyl (C=O) groups excluding carboxylic acids is 1. The lowest BCUT2D eigenvalue weighted by molar-refractivity contribution is 0.0636. The van der Waals surface area contributed by atoms with Gasteiger partial charge < -0.3 is 23.3 Å². The molecule has 1 aromatic carbocycles. The number of carbonyl (C=O) groups is 1. The second-order valence-electron chi connectivity index (χ2n) is 6.41. The van der Waals surface area contributed by atoms with Crippen molar-refractivity contribution in [3.05, 3.63) is 64.9 Å². The van der Waals surface area contributed by atoms with E-state index in [2.05, 4.69) is 5.16 Å². The van der Waals surface area contributed by atoms with Crippen LogP contribution in [0.25, 0.3) is 0 Å². The summed E-state index contributed by atoms with van der Waals surface area (Å²) in [5, 5.41) is 4.01. The first-order valence-corrected chi connectivity index (χ1v) is 8.65. The van der Waals surface area contributed by atoms with Crippen molar-refractivity contribution in [1.29, 1.82) is 0 Å². The maximum atomic E-state index is 13.1. The minimum absolute atomic E-state index is 0.195. The molecule has 27 heavy (non-hydrogen) atoms. The number of aryl methyl sites for hydroxylation is 1. The van der Waals surface area contributed by atoms with Gasteiger partial charge in [0.25, 0.3) is 5.91 Å². The van der Waals surface area contributed by atoms with Crippen LogP contribution in [-0.4, -0.2) is 36.7 Å². The Kier molecular flexibility index (Phi) is 4.35. The zero-order chi connectivity index (χ0) is 19.0. The quantitative estimate of drug-likeness (QED) is 0.702. The van der Waals surface area contributed by atoms with Crippen molar-refractivity contribution in [3.63, 3.8) is 0 Å². The van der Waals surface area contributed by atoms with Crippen LogP contribution in [-0.2, 0) is 6.42 Å². The molecule has 0 N–H and O–H groups in total. The zero-order valence-corrected chi connectivity index (χ0v) is 15.4. The Labute approximate surface area is 156 Å². The highest BCUT2D eigenvalue weighted by atomic mass is 16.5. The molecule has 0 unspecified atom stereocenters. The molecule has 1 aliphatic heterocycles. The van der Waals surface area contributed by atoms with Crippen molar-refractivity contribution in [1.82, 2.24) is 10.1 Å². The van der Waals surface area contributed by atoms with Gasteiger partial charge in [0.2, 0.25) is 0 Å². The van der Waals surface area contributed by atoms with E-state index < -0.39 is 6.04 Å². The fourth-order valence-electron chi connectivity index (χ4n) is 3.53. The molecular formula is C20H20N2O5. The molecule has 0 fully saturated rings. The third kappa shape index (κ3) is 2.95. The molecule has 1 atom stereocenters. The van der Waals surface area contributed by atoms with Crippen LogP contribution >= 0.6 is 0 Å². The molecule has 0 bridgehead atoms. The van der Waals surface area contributed by atoms with Gasteiger partial charge >= 0.3 is 0 Å². The first-order valence-electron chi connectivity index (χ1n) is 8.65. The smallest absolute Gasteiger partial charge is 0.290 e. The summed E-state index contributed by atoms with van der Waals surface area (Å²) < 4.78 is 21.8. The maximum absolute atomic E-state index is 13.1. The van der Waals surface area contributed by atoms with Crippen molar-refractivity contribution in [2.45, 2.75) is 19.4 Å². The number of rotatable bonds is 4. The molecule has 0 radical (unpaired) electrons. The molecule has 3 aromatic rings. The Morgan fingerprint density at radius 1 is 1.22 bits per heavy atom. The van der Waals surface area contributed by atoms with Gasteiger partial charge in [0.15, 0.2) is 23.0 Å². The van der Waals surface area contributed by atoms with Crippen molar-refractivity contribution < 1.29 is 23.2 Å². The number of benzene rings is 1. The highest BCUT2D eigenvalue weighted by Gasteiger charge is 2.37. The summed E-state index contributed by atoms with van der Waals surface area (Å²) in [7, 11) is 3.20. The van der Waals surface area contributed by atoms with E-state index >= 15 is 0 Å². The minimum atomic E-state index is -0.424. The van der Waals surface area contributed by atoms with E-state index in [0.29, 0.717) is 36.0 Å². The molecular weight excluding hydrogens is 348 g/mol. The topological polar surface area (TPSA) is 77.9 Å². The van der Waals surface area contributed by atoms with Crippen LogP contribution in [0, 0.1) is 6.92 Å². The molecule has 3 heterocycles. The van der Waals surface area contributed by atoms with Gasteiger partial charge in [-0.15, -0.1) is 0 Å². The number of nitrogens with zero attached hydrogens (tertiary/aromatic N) is 2. The number of methoxy groups -OCH3 is 2. The van der Waals surface area contributed by atoms with Crippen molar-refractivity contribution in [2.75, 3.05) is 20.8 Å². The fourth-order valence-corrected chi connectivity index (χ4v) is 3.53. The van der Waals surface area contributed by atoms with Gasteiger partial charge in [-0.25, -0.2) is 0 Å². The first kappa shape index (κ1) is 17.2. The van der Waals surface area contributed by atoms with E-state index in [1.165, 1.54) is 6.26 Å². The molecule has 1 aliphatic rings. The minimum Gasteiger partial charge on any atom is -0.493 e. The second-order valence-corrected chi connectivity index (χ2v) is 6.41. The molecule has 1 amide bonds. The first-order chi connectivity index (χ1) is 13.1. The summed E-state index contributed by atoms with van der Waals surface area (Å²) in [6.07, 6.45) is 2.18. The molecule has 2 aromatic heterocycles. The van der Waals surface area contributed by atoms with E-state index in [-0.39, 0.29) is 5.91 Å². The summed E-state index contributed by atoms with van der Waals surface area (Å²) in [6.45, 7) is 2.37. The van der Waals surface area contributed by atoms with Gasteiger partial charge in [-0.05, 0) is 48.7 Å². The highest BCUT2D eigenvalue weighted by molar-refractivity contribution is 5.92. The van der Waals surface area contributed by atoms with E-state index in [4.69, 9.17) is 18.4 Å². The summed E-state index contributed by atoms with van der Waals surface area (Å²) in [5.41, 5.74) is 2.76. The summed E-state index contributed by atoms with van der Waals surface area (Å²) in [4.78, 5) is 14.8. The van der Waals surface area contributed by atoms with Crippen molar-refractivity contribution in [3.8, 4) is 11.5 Å². The number of fused-ring (bicyclic) bond motifs is 1. The van der Waals surface area contributed by atoms with E-state index in [1.807, 2.05) is 25.1 Å². The Bertz CT molecular complexity index is 961. The molecule has 4 rings (SSSR count). The van der Waals surface area contributed by atoms with E-state index in [9.17, 15) is 4.79 Å². The van der Waals surface area contributed by atoms with Crippen LogP contribution in [0.5, 0.6) is 11.5 Å². The van der Waals surface area contributed by atoms with Crippen LogP contribution in [0.1, 0.15) is 39.2 Å². The Morgan fingerprint density at radius 3 is 2.63 bits per heavy atom. The lowest BCUT2D eigenvalue weighted by Gasteiger charge is -2.35. The Balaban J connectivity index is 1.85. The summed E-state index contributed by atoms with van der Waals surface area (Å²) in [6, 6.07) is 8.64. The highest BCUT2D eigenvalue weighted by Crippen LogP contribution is 2.41. The Morgan fingerprint density at radius 2 is 2.00 bits per heavy atom. The van der Waals surface area contributed by atoms with Crippen LogP contribution in [0.2, 0.25) is 0 Å². The summed E-state index contributed by atoms with van der Waals surface area (Å²) in [5.74, 6) is 1.96. The average Bonchev–Trinajstić information content (AvgIpc) is 3.37. The number of aromatic nitrogens is 1. The molecule has 7 nitrogen and oxygen atoms in total. The predicted molar refractivity (Wildman–Crippen MR) is 96.1 cm³/mol. The molecule has 0 saturated carbocycles. The van der Waals surface area contributed by atoms with Crippen LogP contribution in [0.4, 0.5) is 0 Å². The predicted octanol–water partition coefficient (Wildman–Crippen LogP) is 3.38. The second kappa shape index (κ2) is 6.83. The number of amides is 1. The Hall–Kier alpha value is -3.22. The normalized spacial score (nSPS) is 16.1. The SMILES string of the molecule is COc1cc2c(cc1OC)[C@@H](c1cc(C)no1)N(C(=O)c1ccco1)CC2. The van der Waals surface area contributed by atoms with Gasteiger partial charge in [0.1, 0.15) is 6.04 Å². The monoisotopic (exact) mass is 368 g/mol. The molecule has 0 saturated heterocycles. The maximum Gasteiger partial charge on any atom is 0.290 e. The summed E-state index contributed by atoms with van der Waals surface area (Å²) >= 11 is 0. The zero-order valence-electron chi connectivity index (χ0n) is 15.4. The van der Waals surface area contributed by atoms with Crippen LogP contribution < -0.4 is 9.47 Å². The molecule has 140 valence electrons. The third-order valence-electron chi connectivity index (χ3n) is 4.78. The average molecular weight is 368 g/mol. The number of hydrogen-bond donors (Lipinski definition) is 0.